The zero-order valence-electron chi connectivity index (χ0n) is 13.3. The molecule has 5 nitrogen and oxygen atoms in total. The standard InChI is InChI=1S/C18H18F2N2O3/c19-13-5-3-4-12(10-13)16(23)11-17(24)21-8-9-22-18(25)14-6-1-2-7-15(14)20/h1-7,10,16,23H,8-9,11H2,(H,21,24)(H,22,25). The van der Waals surface area contributed by atoms with Crippen LogP contribution in [-0.2, 0) is 4.79 Å². The molecule has 132 valence electrons. The molecule has 2 rings (SSSR count). The maximum Gasteiger partial charge on any atom is 0.254 e. The molecular weight excluding hydrogens is 330 g/mol. The van der Waals surface area contributed by atoms with E-state index in [1.165, 1.54) is 36.4 Å². The summed E-state index contributed by atoms with van der Waals surface area (Å²) in [7, 11) is 0. The number of benzene rings is 2. The van der Waals surface area contributed by atoms with Gasteiger partial charge in [-0.05, 0) is 29.8 Å². The average Bonchev–Trinajstić information content (AvgIpc) is 2.59. The monoisotopic (exact) mass is 348 g/mol. The maximum atomic E-state index is 13.4. The first-order chi connectivity index (χ1) is 12.0. The molecule has 0 aliphatic rings. The number of halogens is 2. The van der Waals surface area contributed by atoms with Gasteiger partial charge in [0.25, 0.3) is 5.91 Å². The number of nitrogens with one attached hydrogen (secondary N) is 2. The molecule has 0 aromatic heterocycles. The van der Waals surface area contributed by atoms with E-state index in [4.69, 9.17) is 0 Å². The molecule has 0 heterocycles. The van der Waals surface area contributed by atoms with Crippen molar-refractivity contribution in [1.82, 2.24) is 10.6 Å². The lowest BCUT2D eigenvalue weighted by molar-refractivity contribution is -0.123. The predicted molar refractivity (Wildman–Crippen MR) is 87.7 cm³/mol. The van der Waals surface area contributed by atoms with Crippen molar-refractivity contribution in [3.8, 4) is 0 Å². The number of hydrogen-bond donors (Lipinski definition) is 3. The van der Waals surface area contributed by atoms with E-state index >= 15 is 0 Å². The van der Waals surface area contributed by atoms with Gasteiger partial charge in [-0.2, -0.15) is 0 Å². The van der Waals surface area contributed by atoms with Crippen LogP contribution in [0.5, 0.6) is 0 Å². The van der Waals surface area contributed by atoms with Gasteiger partial charge in [-0.3, -0.25) is 9.59 Å². The minimum atomic E-state index is -1.12. The maximum absolute atomic E-state index is 13.4. The summed E-state index contributed by atoms with van der Waals surface area (Å²) in [6.45, 7) is 0.226. The van der Waals surface area contributed by atoms with Gasteiger partial charge in [-0.1, -0.05) is 24.3 Å². The molecule has 0 fully saturated rings. The summed E-state index contributed by atoms with van der Waals surface area (Å²) in [6.07, 6.45) is -1.35. The Morgan fingerprint density at radius 2 is 1.72 bits per heavy atom. The van der Waals surface area contributed by atoms with Crippen LogP contribution in [0.4, 0.5) is 8.78 Å². The Morgan fingerprint density at radius 1 is 1.00 bits per heavy atom. The van der Waals surface area contributed by atoms with E-state index in [-0.39, 0.29) is 25.1 Å². The highest BCUT2D eigenvalue weighted by Crippen LogP contribution is 2.17. The molecule has 0 aliphatic heterocycles. The van der Waals surface area contributed by atoms with Crippen LogP contribution in [0.15, 0.2) is 48.5 Å². The Hall–Kier alpha value is -2.80. The number of rotatable bonds is 7. The zero-order valence-corrected chi connectivity index (χ0v) is 13.3. The van der Waals surface area contributed by atoms with Gasteiger partial charge in [0.2, 0.25) is 5.91 Å². The summed E-state index contributed by atoms with van der Waals surface area (Å²) in [5, 5.41) is 14.9. The van der Waals surface area contributed by atoms with E-state index in [1.54, 1.807) is 6.07 Å². The summed E-state index contributed by atoms with van der Waals surface area (Å²) < 4.78 is 26.5. The second-order valence-electron chi connectivity index (χ2n) is 5.36. The van der Waals surface area contributed by atoms with Crippen molar-refractivity contribution in [2.24, 2.45) is 0 Å². The van der Waals surface area contributed by atoms with Crippen molar-refractivity contribution in [3.63, 3.8) is 0 Å². The highest BCUT2D eigenvalue weighted by atomic mass is 19.1. The molecule has 0 radical (unpaired) electrons. The van der Waals surface area contributed by atoms with Crippen LogP contribution < -0.4 is 10.6 Å². The second-order valence-corrected chi connectivity index (χ2v) is 5.36. The highest BCUT2D eigenvalue weighted by molar-refractivity contribution is 5.94. The Kier molecular flexibility index (Phi) is 6.59. The molecule has 0 spiro atoms. The quantitative estimate of drug-likeness (QED) is 0.669. The number of aliphatic hydroxyl groups is 1. The lowest BCUT2D eigenvalue weighted by Gasteiger charge is -2.12. The van der Waals surface area contributed by atoms with Crippen LogP contribution >= 0.6 is 0 Å². The minimum absolute atomic E-state index is 0.0737. The summed E-state index contributed by atoms with van der Waals surface area (Å²) in [5.41, 5.74) is 0.235. The van der Waals surface area contributed by atoms with Gasteiger partial charge in [0.1, 0.15) is 11.6 Å². The molecule has 25 heavy (non-hydrogen) atoms. The van der Waals surface area contributed by atoms with E-state index < -0.39 is 29.6 Å². The van der Waals surface area contributed by atoms with Crippen LogP contribution in [-0.4, -0.2) is 30.0 Å². The van der Waals surface area contributed by atoms with E-state index in [0.29, 0.717) is 5.56 Å². The zero-order chi connectivity index (χ0) is 18.2. The summed E-state index contributed by atoms with van der Waals surface area (Å²) >= 11 is 0. The molecular formula is C18H18F2N2O3. The third kappa shape index (κ3) is 5.65. The Labute approximate surface area is 143 Å². The van der Waals surface area contributed by atoms with Gasteiger partial charge < -0.3 is 15.7 Å². The molecule has 3 N–H and O–H groups in total. The molecule has 0 saturated carbocycles. The first-order valence-electron chi connectivity index (χ1n) is 7.70. The number of hydrogen-bond acceptors (Lipinski definition) is 3. The van der Waals surface area contributed by atoms with Gasteiger partial charge in [-0.15, -0.1) is 0 Å². The lowest BCUT2D eigenvalue weighted by atomic mass is 10.1. The molecule has 2 aromatic carbocycles. The van der Waals surface area contributed by atoms with Gasteiger partial charge in [0, 0.05) is 13.1 Å². The Bertz CT molecular complexity index is 753. The van der Waals surface area contributed by atoms with Crippen molar-refractivity contribution in [1.29, 1.82) is 0 Å². The van der Waals surface area contributed by atoms with Crippen molar-refractivity contribution in [2.45, 2.75) is 12.5 Å². The number of aliphatic hydroxyl groups excluding tert-OH is 1. The summed E-state index contributed by atoms with van der Waals surface area (Å²) in [4.78, 5) is 23.5. The van der Waals surface area contributed by atoms with Crippen molar-refractivity contribution in [2.75, 3.05) is 13.1 Å². The molecule has 0 saturated heterocycles. The van der Waals surface area contributed by atoms with Crippen LogP contribution in [0.25, 0.3) is 0 Å². The molecule has 2 aromatic rings. The van der Waals surface area contributed by atoms with Gasteiger partial charge >= 0.3 is 0 Å². The number of carbonyl (C=O) groups is 2. The Balaban J connectivity index is 1.72. The van der Waals surface area contributed by atoms with Crippen LogP contribution in [0.1, 0.15) is 28.4 Å². The SMILES string of the molecule is O=C(CC(O)c1cccc(F)c1)NCCNC(=O)c1ccccc1F. The topological polar surface area (TPSA) is 78.4 Å². The molecule has 0 bridgehead atoms. The Morgan fingerprint density at radius 3 is 2.44 bits per heavy atom. The molecule has 1 unspecified atom stereocenters. The average molecular weight is 348 g/mol. The van der Waals surface area contributed by atoms with E-state index in [0.717, 1.165) is 6.07 Å². The fourth-order valence-electron chi connectivity index (χ4n) is 2.20. The first kappa shape index (κ1) is 18.5. The van der Waals surface area contributed by atoms with E-state index in [9.17, 15) is 23.5 Å². The van der Waals surface area contributed by atoms with Crippen LogP contribution in [0.3, 0.4) is 0 Å². The minimum Gasteiger partial charge on any atom is -0.388 e. The largest absolute Gasteiger partial charge is 0.388 e. The molecule has 0 aliphatic carbocycles. The second kappa shape index (κ2) is 8.89. The van der Waals surface area contributed by atoms with Crippen LogP contribution in [0.2, 0.25) is 0 Å². The summed E-state index contributed by atoms with van der Waals surface area (Å²) in [6, 6.07) is 11.0. The smallest absolute Gasteiger partial charge is 0.254 e. The molecule has 1 atom stereocenters. The first-order valence-corrected chi connectivity index (χ1v) is 7.70. The van der Waals surface area contributed by atoms with Gasteiger partial charge in [0.15, 0.2) is 0 Å². The third-order valence-electron chi connectivity index (χ3n) is 3.46. The molecule has 7 heteroatoms. The van der Waals surface area contributed by atoms with Crippen LogP contribution in [0, 0.1) is 11.6 Å². The van der Waals surface area contributed by atoms with Gasteiger partial charge in [0.05, 0.1) is 18.1 Å². The van der Waals surface area contributed by atoms with Crippen molar-refractivity contribution < 1.29 is 23.5 Å². The fraction of sp³-hybridized carbons (Fsp3) is 0.222. The van der Waals surface area contributed by atoms with Crippen molar-refractivity contribution in [3.05, 3.63) is 71.3 Å². The lowest BCUT2D eigenvalue weighted by Crippen LogP contribution is -2.35. The normalized spacial score (nSPS) is 11.6. The molecule has 2 amide bonds. The number of amides is 2. The van der Waals surface area contributed by atoms with Crippen molar-refractivity contribution >= 4 is 11.8 Å². The summed E-state index contributed by atoms with van der Waals surface area (Å²) in [5.74, 6) is -2.14. The predicted octanol–water partition coefficient (Wildman–Crippen LogP) is 1.93. The number of carbonyl (C=O) groups excluding carboxylic acids is 2. The third-order valence-corrected chi connectivity index (χ3v) is 3.46. The highest BCUT2D eigenvalue weighted by Gasteiger charge is 2.14. The van der Waals surface area contributed by atoms with Gasteiger partial charge in [-0.25, -0.2) is 8.78 Å². The van der Waals surface area contributed by atoms with E-state index in [2.05, 4.69) is 10.6 Å². The fourth-order valence-corrected chi connectivity index (χ4v) is 2.20. The van der Waals surface area contributed by atoms with E-state index in [1.807, 2.05) is 0 Å².